The number of ether oxygens (including phenoxy) is 1. The molecule has 0 aliphatic heterocycles. The van der Waals surface area contributed by atoms with Gasteiger partial charge in [-0.2, -0.15) is 0 Å². The predicted molar refractivity (Wildman–Crippen MR) is 91.2 cm³/mol. The van der Waals surface area contributed by atoms with Crippen LogP contribution >= 0.6 is 0 Å². The van der Waals surface area contributed by atoms with Gasteiger partial charge in [0.05, 0.1) is 12.6 Å². The monoisotopic (exact) mass is 329 g/mol. The van der Waals surface area contributed by atoms with Gasteiger partial charge in [-0.15, -0.1) is 0 Å². The second kappa shape index (κ2) is 6.40. The number of aliphatic hydroxyl groups excluding tert-OH is 1. The number of alkyl carbamates (subject to hydrolysis) is 1. The summed E-state index contributed by atoms with van der Waals surface area (Å²) in [6.45, 7) is 0.276. The molecule has 0 radical (unpaired) electrons. The second-order valence-electron chi connectivity index (χ2n) is 8.22. The number of carbonyl (C=O) groups is 1. The third-order valence-electron chi connectivity index (χ3n) is 6.51. The van der Waals surface area contributed by atoms with Gasteiger partial charge in [-0.05, 0) is 67.3 Å². The molecule has 4 nitrogen and oxygen atoms in total. The molecule has 4 heteroatoms. The summed E-state index contributed by atoms with van der Waals surface area (Å²) in [5.74, 6) is 2.40. The van der Waals surface area contributed by atoms with E-state index in [0.29, 0.717) is 0 Å². The molecule has 2 N–H and O–H groups in total. The van der Waals surface area contributed by atoms with E-state index >= 15 is 0 Å². The van der Waals surface area contributed by atoms with Crippen LogP contribution in [0.1, 0.15) is 44.1 Å². The van der Waals surface area contributed by atoms with Gasteiger partial charge in [0.15, 0.2) is 0 Å². The first-order valence-electron chi connectivity index (χ1n) is 9.25. The highest BCUT2D eigenvalue weighted by Crippen LogP contribution is 2.61. The Morgan fingerprint density at radius 1 is 1.12 bits per heavy atom. The zero-order valence-electron chi connectivity index (χ0n) is 14.1. The average Bonchev–Trinajstić information content (AvgIpc) is 2.57. The van der Waals surface area contributed by atoms with Crippen molar-refractivity contribution in [2.45, 2.75) is 51.2 Å². The fourth-order valence-electron chi connectivity index (χ4n) is 5.90. The molecule has 1 unspecified atom stereocenters. The molecule has 4 aliphatic carbocycles. The fourth-order valence-corrected chi connectivity index (χ4v) is 5.90. The number of hydrogen-bond donors (Lipinski definition) is 2. The van der Waals surface area contributed by atoms with Crippen LogP contribution < -0.4 is 5.32 Å². The fraction of sp³-hybridized carbons (Fsp3) is 0.650. The Morgan fingerprint density at radius 3 is 2.25 bits per heavy atom. The molecular weight excluding hydrogens is 302 g/mol. The van der Waals surface area contributed by atoms with E-state index in [2.05, 4.69) is 5.32 Å². The molecule has 5 rings (SSSR count). The summed E-state index contributed by atoms with van der Waals surface area (Å²) in [4.78, 5) is 12.2. The summed E-state index contributed by atoms with van der Waals surface area (Å²) >= 11 is 0. The summed E-state index contributed by atoms with van der Waals surface area (Å²) in [5, 5.41) is 12.9. The van der Waals surface area contributed by atoms with Gasteiger partial charge in [-0.25, -0.2) is 4.79 Å². The standard InChI is InChI=1S/C20H27NO3/c22-12-18(21-19(23)24-13-14-4-2-1-3-5-14)20-9-15-6-16(10-20)8-17(7-15)11-20/h1-5,15-18,22H,6-13H2,(H,21,23). The molecule has 4 aliphatic rings. The van der Waals surface area contributed by atoms with Crippen LogP contribution in [0.4, 0.5) is 4.79 Å². The maximum absolute atomic E-state index is 12.2. The molecule has 1 atom stereocenters. The lowest BCUT2D eigenvalue weighted by Crippen LogP contribution is -2.58. The van der Waals surface area contributed by atoms with Crippen LogP contribution in [0.15, 0.2) is 30.3 Å². The van der Waals surface area contributed by atoms with Crippen molar-refractivity contribution in [2.24, 2.45) is 23.2 Å². The summed E-state index contributed by atoms with van der Waals surface area (Å²) in [6, 6.07) is 9.52. The topological polar surface area (TPSA) is 58.6 Å². The van der Waals surface area contributed by atoms with Crippen LogP contribution in [0, 0.1) is 23.2 Å². The zero-order chi connectivity index (χ0) is 16.6. The molecule has 130 valence electrons. The third-order valence-corrected chi connectivity index (χ3v) is 6.51. The zero-order valence-corrected chi connectivity index (χ0v) is 14.1. The van der Waals surface area contributed by atoms with Gasteiger partial charge in [0.25, 0.3) is 0 Å². The van der Waals surface area contributed by atoms with Gasteiger partial charge < -0.3 is 15.2 Å². The smallest absolute Gasteiger partial charge is 0.407 e. The van der Waals surface area contributed by atoms with Crippen molar-refractivity contribution in [3.63, 3.8) is 0 Å². The lowest BCUT2D eigenvalue weighted by atomic mass is 9.48. The van der Waals surface area contributed by atoms with Gasteiger partial charge in [-0.3, -0.25) is 0 Å². The molecule has 4 fully saturated rings. The summed E-state index contributed by atoms with van der Waals surface area (Å²) < 4.78 is 5.36. The highest BCUT2D eigenvalue weighted by atomic mass is 16.5. The van der Waals surface area contributed by atoms with E-state index in [1.54, 1.807) is 0 Å². The number of hydrogen-bond acceptors (Lipinski definition) is 3. The SMILES string of the molecule is O=C(NC(CO)C12CC3CC(CC(C3)C1)C2)OCc1ccccc1. The van der Waals surface area contributed by atoms with Gasteiger partial charge in [0.2, 0.25) is 0 Å². The Kier molecular flexibility index (Phi) is 4.25. The van der Waals surface area contributed by atoms with E-state index in [-0.39, 0.29) is 24.7 Å². The van der Waals surface area contributed by atoms with Crippen LogP contribution in [0.5, 0.6) is 0 Å². The van der Waals surface area contributed by atoms with Gasteiger partial charge in [-0.1, -0.05) is 30.3 Å². The highest BCUT2D eigenvalue weighted by molar-refractivity contribution is 5.67. The number of amides is 1. The Hall–Kier alpha value is -1.55. The van der Waals surface area contributed by atoms with Gasteiger partial charge >= 0.3 is 6.09 Å². The molecule has 0 heterocycles. The molecule has 4 saturated carbocycles. The number of nitrogens with one attached hydrogen (secondary N) is 1. The highest BCUT2D eigenvalue weighted by Gasteiger charge is 2.54. The molecule has 0 aromatic heterocycles. The first-order valence-corrected chi connectivity index (χ1v) is 9.25. The lowest BCUT2D eigenvalue weighted by molar-refractivity contribution is -0.0816. The van der Waals surface area contributed by atoms with Crippen molar-refractivity contribution in [3.8, 4) is 0 Å². The number of rotatable bonds is 5. The van der Waals surface area contributed by atoms with E-state index in [1.807, 2.05) is 30.3 Å². The maximum Gasteiger partial charge on any atom is 0.407 e. The first kappa shape index (κ1) is 15.9. The number of carbonyl (C=O) groups excluding carboxylic acids is 1. The van der Waals surface area contributed by atoms with Crippen molar-refractivity contribution in [3.05, 3.63) is 35.9 Å². The van der Waals surface area contributed by atoms with Crippen LogP contribution in [0.3, 0.4) is 0 Å². The Morgan fingerprint density at radius 2 is 1.71 bits per heavy atom. The Bertz CT molecular complexity index is 551. The van der Waals surface area contributed by atoms with E-state index in [1.165, 1.54) is 19.3 Å². The van der Waals surface area contributed by atoms with Crippen molar-refractivity contribution in [2.75, 3.05) is 6.61 Å². The first-order chi connectivity index (χ1) is 11.7. The molecule has 1 aromatic rings. The van der Waals surface area contributed by atoms with Crippen molar-refractivity contribution >= 4 is 6.09 Å². The molecule has 4 bridgehead atoms. The molecule has 24 heavy (non-hydrogen) atoms. The van der Waals surface area contributed by atoms with Crippen molar-refractivity contribution in [1.29, 1.82) is 0 Å². The van der Waals surface area contributed by atoms with Gasteiger partial charge in [0.1, 0.15) is 6.61 Å². The van der Waals surface area contributed by atoms with Crippen LogP contribution in [0.2, 0.25) is 0 Å². The minimum atomic E-state index is -0.409. The van der Waals surface area contributed by atoms with E-state index in [0.717, 1.165) is 42.6 Å². The predicted octanol–water partition coefficient (Wildman–Crippen LogP) is 3.49. The number of aliphatic hydroxyl groups is 1. The van der Waals surface area contributed by atoms with E-state index in [4.69, 9.17) is 4.74 Å². The summed E-state index contributed by atoms with van der Waals surface area (Å²) in [5.41, 5.74) is 1.07. The molecule has 0 spiro atoms. The molecule has 0 saturated heterocycles. The van der Waals surface area contributed by atoms with Crippen molar-refractivity contribution < 1.29 is 14.6 Å². The van der Waals surface area contributed by atoms with Crippen LogP contribution in [0.25, 0.3) is 0 Å². The normalized spacial score (nSPS) is 34.8. The Labute approximate surface area is 143 Å². The minimum Gasteiger partial charge on any atom is -0.445 e. The Balaban J connectivity index is 1.38. The number of benzene rings is 1. The van der Waals surface area contributed by atoms with Gasteiger partial charge in [0, 0.05) is 0 Å². The second-order valence-corrected chi connectivity index (χ2v) is 8.22. The summed E-state index contributed by atoms with van der Waals surface area (Å²) in [7, 11) is 0. The quantitative estimate of drug-likeness (QED) is 0.869. The van der Waals surface area contributed by atoms with Crippen LogP contribution in [-0.4, -0.2) is 23.8 Å². The third kappa shape index (κ3) is 3.04. The molecular formula is C20H27NO3. The van der Waals surface area contributed by atoms with E-state index < -0.39 is 6.09 Å². The average molecular weight is 329 g/mol. The largest absolute Gasteiger partial charge is 0.445 e. The summed E-state index contributed by atoms with van der Waals surface area (Å²) in [6.07, 6.45) is 7.13. The molecule has 1 amide bonds. The lowest BCUT2D eigenvalue weighted by Gasteiger charge is -2.59. The van der Waals surface area contributed by atoms with Crippen LogP contribution in [-0.2, 0) is 11.3 Å². The van der Waals surface area contributed by atoms with E-state index in [9.17, 15) is 9.90 Å². The van der Waals surface area contributed by atoms with Crippen molar-refractivity contribution in [1.82, 2.24) is 5.32 Å². The maximum atomic E-state index is 12.2. The minimum absolute atomic E-state index is 0.00654. The molecule has 1 aromatic carbocycles.